The molecule has 1 aliphatic carbocycles. The van der Waals surface area contributed by atoms with E-state index in [0.717, 1.165) is 0 Å². The largest absolute Gasteiger partial charge is 0.491 e. The zero-order chi connectivity index (χ0) is 16.6. The van der Waals surface area contributed by atoms with Crippen molar-refractivity contribution in [2.75, 3.05) is 26.4 Å². The summed E-state index contributed by atoms with van der Waals surface area (Å²) in [4.78, 5) is 11.6. The van der Waals surface area contributed by atoms with Gasteiger partial charge in [-0.25, -0.2) is 4.39 Å². The highest BCUT2D eigenvalue weighted by atomic mass is 19.1. The minimum atomic E-state index is -0.806. The van der Waals surface area contributed by atoms with Gasteiger partial charge < -0.3 is 14.8 Å². The first kappa shape index (κ1) is 17.9. The fraction of sp³-hybridized carbons (Fsp3) is 0.500. The Labute approximate surface area is 130 Å². The predicted molar refractivity (Wildman–Crippen MR) is 80.2 cm³/mol. The number of rotatable bonds is 10. The van der Waals surface area contributed by atoms with E-state index in [1.165, 1.54) is 6.08 Å². The topological polar surface area (TPSA) is 71.3 Å². The van der Waals surface area contributed by atoms with Gasteiger partial charge in [-0.2, -0.15) is 5.26 Å². The van der Waals surface area contributed by atoms with E-state index >= 15 is 0 Å². The van der Waals surface area contributed by atoms with Crippen LogP contribution in [0.2, 0.25) is 0 Å². The number of nitriles is 1. The molecule has 6 heteroatoms. The van der Waals surface area contributed by atoms with E-state index in [0.29, 0.717) is 43.9 Å². The number of carbonyl (C=O) groups is 1. The molecule has 0 bridgehead atoms. The molecule has 0 aliphatic heterocycles. The number of amides is 1. The maximum Gasteiger partial charge on any atom is 0.240 e. The number of allylic oxidation sites excluding steroid dienone is 3. The van der Waals surface area contributed by atoms with Gasteiger partial charge in [0.1, 0.15) is 23.6 Å². The molecule has 120 valence electrons. The zero-order valence-corrected chi connectivity index (χ0v) is 12.8. The molecule has 1 rings (SSSR count). The first-order valence-corrected chi connectivity index (χ1v) is 7.03. The molecule has 1 N–H and O–H groups in total. The maximum atomic E-state index is 12.7. The third-order valence-corrected chi connectivity index (χ3v) is 3.12. The Kier molecular flexibility index (Phi) is 6.80. The molecule has 0 aromatic heterocycles. The second-order valence-electron chi connectivity index (χ2n) is 5.15. The monoisotopic (exact) mass is 308 g/mol. The summed E-state index contributed by atoms with van der Waals surface area (Å²) in [6, 6.07) is 2.03. The van der Waals surface area contributed by atoms with E-state index in [9.17, 15) is 9.18 Å². The van der Waals surface area contributed by atoms with Gasteiger partial charge >= 0.3 is 0 Å². The molecule has 0 saturated heterocycles. The van der Waals surface area contributed by atoms with Crippen molar-refractivity contribution in [1.29, 1.82) is 5.26 Å². The third kappa shape index (κ3) is 5.70. The Bertz CT molecular complexity index is 516. The fourth-order valence-corrected chi connectivity index (χ4v) is 1.66. The lowest BCUT2D eigenvalue weighted by Crippen LogP contribution is -2.33. The highest BCUT2D eigenvalue weighted by Gasteiger charge is 2.50. The van der Waals surface area contributed by atoms with Crippen LogP contribution < -0.4 is 5.32 Å². The number of nitrogens with one attached hydrogen (secondary N) is 1. The van der Waals surface area contributed by atoms with Crippen molar-refractivity contribution < 1.29 is 18.7 Å². The van der Waals surface area contributed by atoms with Crippen molar-refractivity contribution in [1.82, 2.24) is 5.32 Å². The molecular weight excluding hydrogens is 287 g/mol. The van der Waals surface area contributed by atoms with E-state index < -0.39 is 11.2 Å². The summed E-state index contributed by atoms with van der Waals surface area (Å²) in [5, 5.41) is 11.5. The van der Waals surface area contributed by atoms with E-state index in [4.69, 9.17) is 14.7 Å². The Morgan fingerprint density at radius 2 is 2.09 bits per heavy atom. The molecular formula is C16H21FN2O3. The van der Waals surface area contributed by atoms with Crippen LogP contribution in [-0.2, 0) is 14.3 Å². The first-order valence-electron chi connectivity index (χ1n) is 7.03. The number of hydrogen-bond donors (Lipinski definition) is 1. The molecule has 0 heterocycles. The Morgan fingerprint density at radius 1 is 1.41 bits per heavy atom. The highest BCUT2D eigenvalue weighted by molar-refractivity contribution is 5.88. The number of ether oxygens (including phenoxy) is 2. The van der Waals surface area contributed by atoms with Gasteiger partial charge in [-0.3, -0.25) is 4.79 Å². The zero-order valence-electron chi connectivity index (χ0n) is 12.8. The van der Waals surface area contributed by atoms with Crippen LogP contribution in [0.1, 0.15) is 19.8 Å². The van der Waals surface area contributed by atoms with Gasteiger partial charge in [0.2, 0.25) is 5.91 Å². The first-order chi connectivity index (χ1) is 10.4. The molecule has 1 fully saturated rings. The number of nitrogens with zero attached hydrogens (tertiary/aromatic N) is 1. The lowest BCUT2D eigenvalue weighted by molar-refractivity contribution is -0.124. The normalized spacial score (nSPS) is 15.6. The average Bonchev–Trinajstić information content (AvgIpc) is 3.25. The standard InChI is InChI=1S/C16H21FN2O3/c1-12(2)14(10-13(3)17)22-9-8-21-7-6-19-15(20)16(11-18)4-5-16/h10H,1,3-9H2,2H3,(H,19,20)/b14-10+. The molecule has 5 nitrogen and oxygen atoms in total. The summed E-state index contributed by atoms with van der Waals surface area (Å²) in [5.74, 6) is -0.508. The number of hydrogen-bond acceptors (Lipinski definition) is 4. The Morgan fingerprint density at radius 3 is 2.59 bits per heavy atom. The van der Waals surface area contributed by atoms with Gasteiger partial charge in [0.25, 0.3) is 0 Å². The third-order valence-electron chi connectivity index (χ3n) is 3.12. The van der Waals surface area contributed by atoms with Gasteiger partial charge in [-0.1, -0.05) is 13.2 Å². The SMILES string of the molecule is C=C(F)/C=C(/OCCOCCNC(=O)C1(C#N)CC1)C(=C)C. The Balaban J connectivity index is 2.11. The van der Waals surface area contributed by atoms with Crippen LogP contribution in [0.3, 0.4) is 0 Å². The molecule has 1 amide bonds. The van der Waals surface area contributed by atoms with E-state index in [-0.39, 0.29) is 12.5 Å². The maximum absolute atomic E-state index is 12.7. The lowest BCUT2D eigenvalue weighted by Gasteiger charge is -2.11. The fourth-order valence-electron chi connectivity index (χ4n) is 1.66. The van der Waals surface area contributed by atoms with Crippen molar-refractivity contribution in [3.63, 3.8) is 0 Å². The van der Waals surface area contributed by atoms with E-state index in [2.05, 4.69) is 18.5 Å². The molecule has 1 saturated carbocycles. The van der Waals surface area contributed by atoms with Crippen LogP contribution in [0.4, 0.5) is 4.39 Å². The molecule has 0 aromatic carbocycles. The van der Waals surface area contributed by atoms with Crippen molar-refractivity contribution in [2.45, 2.75) is 19.8 Å². The van der Waals surface area contributed by atoms with E-state index in [1.807, 2.05) is 6.07 Å². The van der Waals surface area contributed by atoms with E-state index in [1.54, 1.807) is 6.92 Å². The van der Waals surface area contributed by atoms with Crippen molar-refractivity contribution in [2.24, 2.45) is 5.41 Å². The molecule has 0 spiro atoms. The van der Waals surface area contributed by atoms with Gasteiger partial charge in [-0.15, -0.1) is 0 Å². The molecule has 0 aromatic rings. The summed E-state index contributed by atoms with van der Waals surface area (Å²) in [5.41, 5.74) is -0.212. The van der Waals surface area contributed by atoms with Crippen LogP contribution in [0, 0.1) is 16.7 Å². The smallest absolute Gasteiger partial charge is 0.240 e. The van der Waals surface area contributed by atoms with Gasteiger partial charge in [0, 0.05) is 12.6 Å². The van der Waals surface area contributed by atoms with Crippen molar-refractivity contribution >= 4 is 5.91 Å². The molecule has 0 unspecified atom stereocenters. The molecule has 0 radical (unpaired) electrons. The summed E-state index contributed by atoms with van der Waals surface area (Å²) in [7, 11) is 0. The quantitative estimate of drug-likeness (QED) is 0.382. The minimum Gasteiger partial charge on any atom is -0.491 e. The summed E-state index contributed by atoms with van der Waals surface area (Å²) in [6.07, 6.45) is 2.42. The van der Waals surface area contributed by atoms with Crippen molar-refractivity contribution in [3.05, 3.63) is 36.4 Å². The van der Waals surface area contributed by atoms with Gasteiger partial charge in [0.05, 0.1) is 19.3 Å². The predicted octanol–water partition coefficient (Wildman–Crippen LogP) is 2.38. The van der Waals surface area contributed by atoms with Gasteiger partial charge in [0.15, 0.2) is 0 Å². The van der Waals surface area contributed by atoms with Crippen LogP contribution in [0.15, 0.2) is 36.4 Å². The molecule has 1 aliphatic rings. The summed E-state index contributed by atoms with van der Waals surface area (Å²) < 4.78 is 23.3. The van der Waals surface area contributed by atoms with Crippen LogP contribution in [0.5, 0.6) is 0 Å². The summed E-state index contributed by atoms with van der Waals surface area (Å²) >= 11 is 0. The molecule has 0 atom stereocenters. The van der Waals surface area contributed by atoms with Crippen LogP contribution >= 0.6 is 0 Å². The highest BCUT2D eigenvalue weighted by Crippen LogP contribution is 2.44. The second kappa shape index (κ2) is 8.35. The number of carbonyl (C=O) groups excluding carboxylic acids is 1. The lowest BCUT2D eigenvalue weighted by atomic mass is 10.1. The Hall–Kier alpha value is -2.13. The second-order valence-corrected chi connectivity index (χ2v) is 5.15. The van der Waals surface area contributed by atoms with Crippen molar-refractivity contribution in [3.8, 4) is 6.07 Å². The average molecular weight is 308 g/mol. The minimum absolute atomic E-state index is 0.233. The van der Waals surface area contributed by atoms with Gasteiger partial charge in [-0.05, 0) is 25.3 Å². The van der Waals surface area contributed by atoms with Crippen LogP contribution in [-0.4, -0.2) is 32.3 Å². The van der Waals surface area contributed by atoms with Crippen LogP contribution in [0.25, 0.3) is 0 Å². The number of halogens is 1. The molecule has 22 heavy (non-hydrogen) atoms. The summed E-state index contributed by atoms with van der Waals surface area (Å²) in [6.45, 7) is 9.71.